The SMILES string of the molecule is C[C@@H](C(=O)Nc1ccc2[nH]c(=O)[nH]c2c1)N1CCC[C@@H]1c1ccc2c(c1)OCCO2. The number of carbonyl (C=O) groups excluding carboxylic acids is 1. The number of aromatic nitrogens is 2. The van der Waals surface area contributed by atoms with Gasteiger partial charge in [-0.05, 0) is 62.2 Å². The van der Waals surface area contributed by atoms with Crippen LogP contribution >= 0.6 is 0 Å². The first-order valence-corrected chi connectivity index (χ1v) is 10.3. The minimum absolute atomic E-state index is 0.0725. The van der Waals surface area contributed by atoms with Crippen molar-refractivity contribution in [2.45, 2.75) is 31.8 Å². The number of nitrogens with zero attached hydrogens (tertiary/aromatic N) is 1. The fourth-order valence-electron chi connectivity index (χ4n) is 4.39. The summed E-state index contributed by atoms with van der Waals surface area (Å²) >= 11 is 0. The van der Waals surface area contributed by atoms with Crippen molar-refractivity contribution in [2.75, 3.05) is 25.1 Å². The standard InChI is InChI=1S/C22H24N4O4/c1-13(21(27)23-15-5-6-16-17(12-15)25-22(28)24-16)26-8-2-3-18(26)14-4-7-19-20(11-14)30-10-9-29-19/h4-7,11-13,18H,2-3,8-10H2,1H3,(H,23,27)(H2,24,25,28)/t13-,18+/m0/s1. The Hall–Kier alpha value is -3.26. The van der Waals surface area contributed by atoms with Gasteiger partial charge in [-0.25, -0.2) is 4.79 Å². The minimum atomic E-state index is -0.299. The molecule has 30 heavy (non-hydrogen) atoms. The fraction of sp³-hybridized carbons (Fsp3) is 0.364. The van der Waals surface area contributed by atoms with Crippen LogP contribution in [0.5, 0.6) is 11.5 Å². The highest BCUT2D eigenvalue weighted by Crippen LogP contribution is 2.39. The van der Waals surface area contributed by atoms with Crippen LogP contribution in [0.3, 0.4) is 0 Å². The Bertz CT molecular complexity index is 1150. The van der Waals surface area contributed by atoms with Crippen LogP contribution in [0.25, 0.3) is 11.0 Å². The number of likely N-dealkylation sites (tertiary alicyclic amines) is 1. The molecule has 0 unspecified atom stereocenters. The Morgan fingerprint density at radius 3 is 2.77 bits per heavy atom. The van der Waals surface area contributed by atoms with Crippen LogP contribution < -0.4 is 20.5 Å². The quantitative estimate of drug-likeness (QED) is 0.617. The van der Waals surface area contributed by atoms with E-state index in [4.69, 9.17) is 9.47 Å². The summed E-state index contributed by atoms with van der Waals surface area (Å²) in [7, 11) is 0. The van der Waals surface area contributed by atoms with Gasteiger partial charge in [0.05, 0.1) is 17.1 Å². The van der Waals surface area contributed by atoms with Crippen LogP contribution in [0.4, 0.5) is 5.69 Å². The van der Waals surface area contributed by atoms with Crippen LogP contribution in [-0.4, -0.2) is 46.6 Å². The highest BCUT2D eigenvalue weighted by atomic mass is 16.6. The van der Waals surface area contributed by atoms with E-state index >= 15 is 0 Å². The molecular weight excluding hydrogens is 384 g/mol. The Kier molecular flexibility index (Phi) is 4.71. The van der Waals surface area contributed by atoms with Gasteiger partial charge in [0.2, 0.25) is 5.91 Å². The molecule has 0 aliphatic carbocycles. The third kappa shape index (κ3) is 3.43. The second-order valence-electron chi connectivity index (χ2n) is 7.80. The summed E-state index contributed by atoms with van der Waals surface area (Å²) in [4.78, 5) is 32.1. The molecule has 1 aromatic heterocycles. The van der Waals surface area contributed by atoms with Crippen LogP contribution in [0.1, 0.15) is 31.4 Å². The number of hydrogen-bond donors (Lipinski definition) is 3. The van der Waals surface area contributed by atoms with E-state index in [0.29, 0.717) is 29.9 Å². The van der Waals surface area contributed by atoms with Crippen LogP contribution in [0, 0.1) is 0 Å². The lowest BCUT2D eigenvalue weighted by atomic mass is 10.0. The van der Waals surface area contributed by atoms with E-state index in [1.165, 1.54) is 0 Å². The molecule has 2 atom stereocenters. The van der Waals surface area contributed by atoms with E-state index in [9.17, 15) is 9.59 Å². The van der Waals surface area contributed by atoms with Crippen molar-refractivity contribution in [1.29, 1.82) is 0 Å². The molecule has 0 bridgehead atoms. The minimum Gasteiger partial charge on any atom is -0.486 e. The van der Waals surface area contributed by atoms with Crippen molar-refractivity contribution in [3.63, 3.8) is 0 Å². The highest BCUT2D eigenvalue weighted by Gasteiger charge is 2.33. The van der Waals surface area contributed by atoms with Crippen molar-refractivity contribution in [3.05, 3.63) is 52.4 Å². The van der Waals surface area contributed by atoms with E-state index in [0.717, 1.165) is 36.4 Å². The average molecular weight is 408 g/mol. The maximum Gasteiger partial charge on any atom is 0.323 e. The fourth-order valence-corrected chi connectivity index (χ4v) is 4.39. The topological polar surface area (TPSA) is 99.5 Å². The van der Waals surface area contributed by atoms with Gasteiger partial charge in [0.15, 0.2) is 11.5 Å². The molecule has 0 saturated carbocycles. The number of imidazole rings is 1. The predicted octanol–water partition coefficient (Wildman–Crippen LogP) is 2.79. The van der Waals surface area contributed by atoms with Gasteiger partial charge in [0.1, 0.15) is 13.2 Å². The number of fused-ring (bicyclic) bond motifs is 2. The van der Waals surface area contributed by atoms with Gasteiger partial charge in [-0.15, -0.1) is 0 Å². The lowest BCUT2D eigenvalue weighted by Crippen LogP contribution is -2.41. The number of hydrogen-bond acceptors (Lipinski definition) is 5. The van der Waals surface area contributed by atoms with E-state index in [1.807, 2.05) is 19.1 Å². The second kappa shape index (κ2) is 7.53. The zero-order valence-electron chi connectivity index (χ0n) is 16.7. The third-order valence-electron chi connectivity index (χ3n) is 5.91. The number of ether oxygens (including phenoxy) is 2. The summed E-state index contributed by atoms with van der Waals surface area (Å²) in [5, 5.41) is 2.98. The third-order valence-corrected chi connectivity index (χ3v) is 5.91. The summed E-state index contributed by atoms with van der Waals surface area (Å²) in [5.41, 5.74) is 2.92. The molecule has 3 heterocycles. The second-order valence-corrected chi connectivity index (χ2v) is 7.80. The summed E-state index contributed by atoms with van der Waals surface area (Å²) < 4.78 is 11.4. The molecule has 1 fully saturated rings. The zero-order chi connectivity index (χ0) is 20.7. The lowest BCUT2D eigenvalue weighted by molar-refractivity contribution is -0.121. The molecule has 3 N–H and O–H groups in total. The van der Waals surface area contributed by atoms with Crippen molar-refractivity contribution < 1.29 is 14.3 Å². The molecule has 2 aliphatic heterocycles. The Morgan fingerprint density at radius 1 is 1.10 bits per heavy atom. The van der Waals surface area contributed by atoms with Crippen molar-refractivity contribution in [1.82, 2.24) is 14.9 Å². The van der Waals surface area contributed by atoms with Crippen molar-refractivity contribution >= 4 is 22.6 Å². The molecule has 0 spiro atoms. The monoisotopic (exact) mass is 408 g/mol. The first-order chi connectivity index (χ1) is 14.6. The molecule has 8 nitrogen and oxygen atoms in total. The van der Waals surface area contributed by atoms with E-state index in [1.54, 1.807) is 18.2 Å². The highest BCUT2D eigenvalue weighted by molar-refractivity contribution is 5.96. The molecule has 156 valence electrons. The van der Waals surface area contributed by atoms with Gasteiger partial charge in [-0.2, -0.15) is 0 Å². The number of benzene rings is 2. The maximum atomic E-state index is 13.0. The number of amides is 1. The molecule has 8 heteroatoms. The van der Waals surface area contributed by atoms with Crippen molar-refractivity contribution in [3.8, 4) is 11.5 Å². The van der Waals surface area contributed by atoms with Crippen molar-refractivity contribution in [2.24, 2.45) is 0 Å². The smallest absolute Gasteiger partial charge is 0.323 e. The molecule has 5 rings (SSSR count). The molecule has 1 amide bonds. The summed E-state index contributed by atoms with van der Waals surface area (Å²) in [6, 6.07) is 11.3. The largest absolute Gasteiger partial charge is 0.486 e. The summed E-state index contributed by atoms with van der Waals surface area (Å²) in [6.45, 7) is 3.92. The number of carbonyl (C=O) groups is 1. The number of nitrogens with one attached hydrogen (secondary N) is 3. The molecule has 3 aromatic rings. The summed E-state index contributed by atoms with van der Waals surface area (Å²) in [5.74, 6) is 1.48. The Balaban J connectivity index is 1.33. The maximum absolute atomic E-state index is 13.0. The molecular formula is C22H24N4O4. The first kappa shape index (κ1) is 18.7. The number of anilines is 1. The van der Waals surface area contributed by atoms with Crippen LogP contribution in [0.2, 0.25) is 0 Å². The number of H-pyrrole nitrogens is 2. The number of rotatable bonds is 4. The van der Waals surface area contributed by atoms with Crippen LogP contribution in [-0.2, 0) is 4.79 Å². The number of aromatic amines is 2. The van der Waals surface area contributed by atoms with E-state index < -0.39 is 0 Å². The van der Waals surface area contributed by atoms with Gasteiger partial charge in [0, 0.05) is 11.7 Å². The van der Waals surface area contributed by atoms with Crippen LogP contribution in [0.15, 0.2) is 41.2 Å². The molecule has 1 saturated heterocycles. The van der Waals surface area contributed by atoms with E-state index in [2.05, 4.69) is 26.3 Å². The first-order valence-electron chi connectivity index (χ1n) is 10.3. The zero-order valence-corrected chi connectivity index (χ0v) is 16.7. The van der Waals surface area contributed by atoms with Gasteiger partial charge < -0.3 is 24.8 Å². The lowest BCUT2D eigenvalue weighted by Gasteiger charge is -2.31. The van der Waals surface area contributed by atoms with Gasteiger partial charge >= 0.3 is 5.69 Å². The van der Waals surface area contributed by atoms with Gasteiger partial charge in [-0.3, -0.25) is 9.69 Å². The van der Waals surface area contributed by atoms with E-state index in [-0.39, 0.29) is 23.7 Å². The predicted molar refractivity (Wildman–Crippen MR) is 113 cm³/mol. The van der Waals surface area contributed by atoms with Gasteiger partial charge in [0.25, 0.3) is 0 Å². The Labute approximate surface area is 173 Å². The normalized spacial score (nSPS) is 19.7. The molecule has 0 radical (unpaired) electrons. The molecule has 2 aliphatic rings. The Morgan fingerprint density at radius 2 is 1.90 bits per heavy atom. The van der Waals surface area contributed by atoms with Gasteiger partial charge in [-0.1, -0.05) is 6.07 Å². The average Bonchev–Trinajstić information content (AvgIpc) is 3.38. The molecule has 2 aromatic carbocycles. The summed E-state index contributed by atoms with van der Waals surface area (Å²) in [6.07, 6.45) is 2.03.